The summed E-state index contributed by atoms with van der Waals surface area (Å²) in [5, 5.41) is 2.86. The molecule has 1 saturated heterocycles. The van der Waals surface area contributed by atoms with Crippen molar-refractivity contribution in [3.8, 4) is 5.75 Å². The van der Waals surface area contributed by atoms with E-state index in [1.165, 1.54) is 30.3 Å². The SMILES string of the molecule is CCOC(=O)c1ccc(N2C(=O)NC(=O)/C(=C\c3cc(I)c(Cc4ccccc4Cl)c(OCC)c3)C2=O)cc1. The third kappa shape index (κ3) is 6.31. The van der Waals surface area contributed by atoms with Gasteiger partial charge in [-0.2, -0.15) is 0 Å². The number of hydrogen-bond donors (Lipinski definition) is 1. The molecule has 0 radical (unpaired) electrons. The molecule has 1 aliphatic heterocycles. The summed E-state index contributed by atoms with van der Waals surface area (Å²) in [6, 6.07) is 16.0. The number of anilines is 1. The second kappa shape index (κ2) is 12.4. The van der Waals surface area contributed by atoms with Gasteiger partial charge in [0.25, 0.3) is 11.8 Å². The summed E-state index contributed by atoms with van der Waals surface area (Å²) in [5.41, 5.74) is 2.66. The average molecular weight is 659 g/mol. The first kappa shape index (κ1) is 28.3. The normalized spacial score (nSPS) is 14.4. The predicted molar refractivity (Wildman–Crippen MR) is 156 cm³/mol. The number of hydrogen-bond acceptors (Lipinski definition) is 6. The third-order valence-corrected chi connectivity index (χ3v) is 7.18. The minimum atomic E-state index is -0.884. The lowest BCUT2D eigenvalue weighted by Gasteiger charge is -2.26. The fourth-order valence-electron chi connectivity index (χ4n) is 4.02. The molecular weight excluding hydrogens is 635 g/mol. The van der Waals surface area contributed by atoms with Crippen molar-refractivity contribution in [2.24, 2.45) is 0 Å². The van der Waals surface area contributed by atoms with Crippen LogP contribution in [0.15, 0.2) is 66.2 Å². The molecule has 0 aliphatic carbocycles. The van der Waals surface area contributed by atoms with E-state index in [1.54, 1.807) is 13.0 Å². The van der Waals surface area contributed by atoms with Crippen LogP contribution in [0.5, 0.6) is 5.75 Å². The number of carbonyl (C=O) groups excluding carboxylic acids is 4. The Kier molecular flexibility index (Phi) is 9.03. The highest BCUT2D eigenvalue weighted by Gasteiger charge is 2.37. The molecule has 1 fully saturated rings. The number of nitrogens with one attached hydrogen (secondary N) is 1. The molecule has 0 atom stereocenters. The Morgan fingerprint density at radius 3 is 2.41 bits per heavy atom. The Morgan fingerprint density at radius 1 is 1.03 bits per heavy atom. The third-order valence-electron chi connectivity index (χ3n) is 5.85. The largest absolute Gasteiger partial charge is 0.494 e. The van der Waals surface area contributed by atoms with E-state index in [4.69, 9.17) is 21.1 Å². The molecular formula is C29H24ClIN2O6. The quantitative estimate of drug-likeness (QED) is 0.143. The number of urea groups is 1. The molecule has 4 amide bonds. The molecule has 1 N–H and O–H groups in total. The van der Waals surface area contributed by atoms with E-state index >= 15 is 0 Å². The van der Waals surface area contributed by atoms with Crippen molar-refractivity contribution in [3.63, 3.8) is 0 Å². The number of halogens is 2. The molecule has 39 heavy (non-hydrogen) atoms. The number of esters is 1. The van der Waals surface area contributed by atoms with Gasteiger partial charge in [0.1, 0.15) is 11.3 Å². The van der Waals surface area contributed by atoms with Gasteiger partial charge in [-0.1, -0.05) is 29.8 Å². The van der Waals surface area contributed by atoms with Gasteiger partial charge >= 0.3 is 12.0 Å². The zero-order valence-electron chi connectivity index (χ0n) is 21.1. The van der Waals surface area contributed by atoms with Crippen LogP contribution in [0.25, 0.3) is 6.08 Å². The summed E-state index contributed by atoms with van der Waals surface area (Å²) >= 11 is 8.56. The van der Waals surface area contributed by atoms with Crippen LogP contribution < -0.4 is 15.0 Å². The molecule has 0 bridgehead atoms. The summed E-state index contributed by atoms with van der Waals surface area (Å²) in [5.74, 6) is -1.52. The molecule has 1 heterocycles. The number of rotatable bonds is 8. The van der Waals surface area contributed by atoms with Crippen LogP contribution >= 0.6 is 34.2 Å². The van der Waals surface area contributed by atoms with Gasteiger partial charge in [-0.25, -0.2) is 14.5 Å². The molecule has 3 aromatic carbocycles. The van der Waals surface area contributed by atoms with Crippen LogP contribution in [0.1, 0.15) is 40.9 Å². The molecule has 8 nitrogen and oxygen atoms in total. The fraction of sp³-hybridized carbons (Fsp3) is 0.172. The number of barbiturate groups is 1. The lowest BCUT2D eigenvalue weighted by Crippen LogP contribution is -2.54. The highest BCUT2D eigenvalue weighted by molar-refractivity contribution is 14.1. The zero-order valence-corrected chi connectivity index (χ0v) is 24.0. The number of imide groups is 2. The first-order valence-corrected chi connectivity index (χ1v) is 13.6. The summed E-state index contributed by atoms with van der Waals surface area (Å²) in [4.78, 5) is 51.4. The standard InChI is InChI=1S/C29H24ClIN2O6/c1-3-38-25-15-17(14-24(31)21(25)16-19-7-5-6-8-23(19)30)13-22-26(34)32-29(37)33(27(22)35)20-11-9-18(10-12-20)28(36)39-4-2/h5-15H,3-4,16H2,1-2H3,(H,32,34,37)/b22-13+. The minimum Gasteiger partial charge on any atom is -0.494 e. The monoisotopic (exact) mass is 658 g/mol. The van der Waals surface area contributed by atoms with Gasteiger partial charge in [0.2, 0.25) is 0 Å². The predicted octanol–water partition coefficient (Wildman–Crippen LogP) is 5.78. The van der Waals surface area contributed by atoms with E-state index in [9.17, 15) is 19.2 Å². The van der Waals surface area contributed by atoms with E-state index < -0.39 is 23.8 Å². The Labute approximate surface area is 244 Å². The van der Waals surface area contributed by atoms with Gasteiger partial charge in [0.05, 0.1) is 24.5 Å². The maximum atomic E-state index is 13.4. The summed E-state index contributed by atoms with van der Waals surface area (Å²) in [6.45, 7) is 4.19. The topological polar surface area (TPSA) is 102 Å². The first-order valence-electron chi connectivity index (χ1n) is 12.1. The molecule has 1 aliphatic rings. The minimum absolute atomic E-state index is 0.198. The van der Waals surface area contributed by atoms with Crippen molar-refractivity contribution in [1.29, 1.82) is 0 Å². The molecule has 0 spiro atoms. The van der Waals surface area contributed by atoms with Crippen LogP contribution in [-0.2, 0) is 20.7 Å². The molecule has 10 heteroatoms. The van der Waals surface area contributed by atoms with Gasteiger partial charge in [-0.3, -0.25) is 14.9 Å². The van der Waals surface area contributed by atoms with Crippen LogP contribution in [0.3, 0.4) is 0 Å². The lowest BCUT2D eigenvalue weighted by atomic mass is 10.0. The maximum Gasteiger partial charge on any atom is 0.338 e. The Morgan fingerprint density at radius 2 is 1.74 bits per heavy atom. The molecule has 0 aromatic heterocycles. The lowest BCUT2D eigenvalue weighted by molar-refractivity contribution is -0.122. The van der Waals surface area contributed by atoms with E-state index in [-0.39, 0.29) is 23.4 Å². The van der Waals surface area contributed by atoms with E-state index in [2.05, 4.69) is 27.9 Å². The molecule has 0 saturated carbocycles. The van der Waals surface area contributed by atoms with E-state index in [0.717, 1.165) is 19.6 Å². The van der Waals surface area contributed by atoms with Gasteiger partial charge in [0, 0.05) is 20.6 Å². The molecule has 0 unspecified atom stereocenters. The summed E-state index contributed by atoms with van der Waals surface area (Å²) < 4.78 is 11.7. The number of carbonyl (C=O) groups is 4. The highest BCUT2D eigenvalue weighted by atomic mass is 127. The van der Waals surface area contributed by atoms with Crippen LogP contribution in [0.4, 0.5) is 10.5 Å². The van der Waals surface area contributed by atoms with Crippen molar-refractivity contribution in [1.82, 2.24) is 5.32 Å². The Balaban J connectivity index is 1.67. The molecule has 3 aromatic rings. The average Bonchev–Trinajstić information content (AvgIpc) is 2.90. The Bertz CT molecular complexity index is 1490. The van der Waals surface area contributed by atoms with Gasteiger partial charge in [0.15, 0.2) is 0 Å². The van der Waals surface area contributed by atoms with Crippen LogP contribution in [0, 0.1) is 3.57 Å². The summed E-state index contributed by atoms with van der Waals surface area (Å²) in [6.07, 6.45) is 1.96. The van der Waals surface area contributed by atoms with E-state index in [1.807, 2.05) is 37.3 Å². The van der Waals surface area contributed by atoms with Gasteiger partial charge in [-0.15, -0.1) is 0 Å². The number of nitrogens with zero attached hydrogens (tertiary/aromatic N) is 1. The van der Waals surface area contributed by atoms with E-state index in [0.29, 0.717) is 29.4 Å². The molecule has 200 valence electrons. The van der Waals surface area contributed by atoms with Crippen LogP contribution in [0.2, 0.25) is 5.02 Å². The maximum absolute atomic E-state index is 13.4. The van der Waals surface area contributed by atoms with Gasteiger partial charge in [-0.05, 0) is 96.1 Å². The van der Waals surface area contributed by atoms with Crippen LogP contribution in [-0.4, -0.2) is 37.0 Å². The zero-order chi connectivity index (χ0) is 28.1. The second-order valence-corrected chi connectivity index (χ2v) is 9.98. The Hall–Kier alpha value is -3.70. The second-order valence-electron chi connectivity index (χ2n) is 8.41. The van der Waals surface area contributed by atoms with Crippen molar-refractivity contribution >= 4 is 69.8 Å². The highest BCUT2D eigenvalue weighted by Crippen LogP contribution is 2.32. The number of ether oxygens (including phenoxy) is 2. The molecule has 4 rings (SSSR count). The number of amides is 4. The van der Waals surface area contributed by atoms with Crippen molar-refractivity contribution in [2.75, 3.05) is 18.1 Å². The van der Waals surface area contributed by atoms with Crippen molar-refractivity contribution in [3.05, 3.63) is 97.1 Å². The van der Waals surface area contributed by atoms with Gasteiger partial charge < -0.3 is 9.47 Å². The first-order chi connectivity index (χ1) is 18.7. The van der Waals surface area contributed by atoms with Crippen molar-refractivity contribution in [2.45, 2.75) is 20.3 Å². The number of benzene rings is 3. The smallest absolute Gasteiger partial charge is 0.338 e. The summed E-state index contributed by atoms with van der Waals surface area (Å²) in [7, 11) is 0. The fourth-order valence-corrected chi connectivity index (χ4v) is 5.04. The van der Waals surface area contributed by atoms with Crippen molar-refractivity contribution < 1.29 is 28.7 Å².